The summed E-state index contributed by atoms with van der Waals surface area (Å²) < 4.78 is 13.2. The molecule has 0 aliphatic heterocycles. The summed E-state index contributed by atoms with van der Waals surface area (Å²) in [5, 5.41) is 15.5. The van der Waals surface area contributed by atoms with Crippen LogP contribution in [0.3, 0.4) is 0 Å². The predicted molar refractivity (Wildman–Crippen MR) is 113 cm³/mol. The molecule has 3 rings (SSSR count). The van der Waals surface area contributed by atoms with Crippen molar-refractivity contribution in [2.24, 2.45) is 5.92 Å². The van der Waals surface area contributed by atoms with Gasteiger partial charge in [0.25, 0.3) is 5.91 Å². The Labute approximate surface area is 174 Å². The van der Waals surface area contributed by atoms with Crippen molar-refractivity contribution in [3.63, 3.8) is 0 Å². The quantitative estimate of drug-likeness (QED) is 0.575. The number of halogens is 1. The van der Waals surface area contributed by atoms with Gasteiger partial charge in [0.05, 0.1) is 6.54 Å². The number of nitrogens with zero attached hydrogens (tertiary/aromatic N) is 2. The summed E-state index contributed by atoms with van der Waals surface area (Å²) in [6.07, 6.45) is 0. The van der Waals surface area contributed by atoms with Crippen LogP contribution in [0.1, 0.15) is 51.4 Å². The summed E-state index contributed by atoms with van der Waals surface area (Å²) in [5.74, 6) is -0.166. The Balaban J connectivity index is 1.56. The van der Waals surface area contributed by atoms with Gasteiger partial charge in [-0.25, -0.2) is 4.39 Å². The van der Waals surface area contributed by atoms with E-state index in [1.165, 1.54) is 29.0 Å². The number of carbonyl (C=O) groups is 1. The lowest BCUT2D eigenvalue weighted by Crippen LogP contribution is -2.25. The fourth-order valence-electron chi connectivity index (χ4n) is 2.99. The molecule has 0 unspecified atom stereocenters. The van der Waals surface area contributed by atoms with Crippen molar-refractivity contribution < 1.29 is 9.18 Å². The van der Waals surface area contributed by atoms with Gasteiger partial charge in [-0.15, -0.1) is 10.2 Å². The van der Waals surface area contributed by atoms with Gasteiger partial charge in [-0.3, -0.25) is 4.79 Å². The third-order valence-corrected chi connectivity index (χ3v) is 5.53. The van der Waals surface area contributed by atoms with E-state index in [0.29, 0.717) is 24.0 Å². The number of aromatic nitrogens is 2. The van der Waals surface area contributed by atoms with Gasteiger partial charge < -0.3 is 10.6 Å². The molecule has 2 aromatic carbocycles. The summed E-state index contributed by atoms with van der Waals surface area (Å²) in [7, 11) is 0. The largest absolute Gasteiger partial charge is 0.346 e. The van der Waals surface area contributed by atoms with E-state index in [9.17, 15) is 9.18 Å². The van der Waals surface area contributed by atoms with Crippen molar-refractivity contribution in [1.29, 1.82) is 0 Å². The molecule has 29 heavy (non-hydrogen) atoms. The molecule has 1 atom stereocenters. The molecule has 1 aromatic heterocycles. The Morgan fingerprint density at radius 2 is 1.72 bits per heavy atom. The van der Waals surface area contributed by atoms with Crippen LogP contribution in [0.15, 0.2) is 48.5 Å². The summed E-state index contributed by atoms with van der Waals surface area (Å²) in [6.45, 7) is 7.17. The minimum atomic E-state index is -0.248. The molecule has 0 saturated heterocycles. The van der Waals surface area contributed by atoms with Crippen molar-refractivity contribution >= 4 is 17.2 Å². The number of hydrogen-bond acceptors (Lipinski definition) is 5. The molecular weight excluding hydrogens is 387 g/mol. The van der Waals surface area contributed by atoms with Gasteiger partial charge in [0, 0.05) is 12.6 Å². The molecule has 1 heterocycles. The fraction of sp³-hybridized carbons (Fsp3) is 0.318. The lowest BCUT2D eigenvalue weighted by atomic mass is 9.96. The Kier molecular flexibility index (Phi) is 7.06. The van der Waals surface area contributed by atoms with Crippen molar-refractivity contribution in [2.45, 2.75) is 39.9 Å². The number of rotatable bonds is 8. The van der Waals surface area contributed by atoms with E-state index >= 15 is 0 Å². The molecule has 0 fully saturated rings. The highest BCUT2D eigenvalue weighted by molar-refractivity contribution is 7.13. The standard InChI is InChI=1S/C22H25FN4OS/c1-14(2)20(17-8-10-18(23)11-9-17)24-13-19-26-27-22(29-19)21(28)25-12-16-6-4-15(3)5-7-16/h4-11,14,20,24H,12-13H2,1-3H3,(H,25,28)/t20-/m0/s1. The summed E-state index contributed by atoms with van der Waals surface area (Å²) >= 11 is 1.27. The Morgan fingerprint density at radius 3 is 2.38 bits per heavy atom. The van der Waals surface area contributed by atoms with E-state index in [0.717, 1.165) is 16.1 Å². The Morgan fingerprint density at radius 1 is 1.03 bits per heavy atom. The Hall–Kier alpha value is -2.64. The average Bonchev–Trinajstić information content (AvgIpc) is 3.18. The Bertz CT molecular complexity index is 938. The first-order valence-corrected chi connectivity index (χ1v) is 10.4. The fourth-order valence-corrected chi connectivity index (χ4v) is 3.69. The van der Waals surface area contributed by atoms with Crippen LogP contribution in [0.25, 0.3) is 0 Å². The van der Waals surface area contributed by atoms with Crippen molar-refractivity contribution in [2.75, 3.05) is 0 Å². The van der Waals surface area contributed by atoms with E-state index in [-0.39, 0.29) is 17.8 Å². The maximum atomic E-state index is 13.2. The zero-order chi connectivity index (χ0) is 20.8. The van der Waals surface area contributed by atoms with Gasteiger partial charge >= 0.3 is 0 Å². The van der Waals surface area contributed by atoms with Crippen LogP contribution in [0.4, 0.5) is 4.39 Å². The molecule has 0 radical (unpaired) electrons. The zero-order valence-electron chi connectivity index (χ0n) is 16.8. The average molecular weight is 413 g/mol. The summed E-state index contributed by atoms with van der Waals surface area (Å²) in [4.78, 5) is 12.3. The van der Waals surface area contributed by atoms with E-state index in [4.69, 9.17) is 0 Å². The molecule has 0 aliphatic rings. The number of carbonyl (C=O) groups excluding carboxylic acids is 1. The molecular formula is C22H25FN4OS. The molecule has 1 amide bonds. The second kappa shape index (κ2) is 9.71. The van der Waals surface area contributed by atoms with E-state index in [1.54, 1.807) is 12.1 Å². The van der Waals surface area contributed by atoms with Crippen LogP contribution in [0.2, 0.25) is 0 Å². The molecule has 5 nitrogen and oxygen atoms in total. The first kappa shape index (κ1) is 21.1. The van der Waals surface area contributed by atoms with Gasteiger partial charge in [0.1, 0.15) is 10.8 Å². The van der Waals surface area contributed by atoms with E-state index in [1.807, 2.05) is 31.2 Å². The minimum absolute atomic E-state index is 0.0540. The molecule has 0 aliphatic carbocycles. The third kappa shape index (κ3) is 5.92. The highest BCUT2D eigenvalue weighted by atomic mass is 32.1. The smallest absolute Gasteiger partial charge is 0.282 e. The summed E-state index contributed by atoms with van der Waals surface area (Å²) in [6, 6.07) is 14.6. The number of hydrogen-bond donors (Lipinski definition) is 2. The van der Waals surface area contributed by atoms with Crippen LogP contribution in [-0.4, -0.2) is 16.1 Å². The number of benzene rings is 2. The second-order valence-electron chi connectivity index (χ2n) is 7.32. The third-order valence-electron chi connectivity index (χ3n) is 4.60. The molecule has 3 aromatic rings. The van der Waals surface area contributed by atoms with Gasteiger partial charge in [-0.2, -0.15) is 0 Å². The molecule has 152 valence electrons. The first-order chi connectivity index (χ1) is 13.9. The van der Waals surface area contributed by atoms with Gasteiger partial charge in [-0.05, 0) is 36.1 Å². The van der Waals surface area contributed by atoms with E-state index < -0.39 is 0 Å². The highest BCUT2D eigenvalue weighted by Gasteiger charge is 2.17. The highest BCUT2D eigenvalue weighted by Crippen LogP contribution is 2.23. The van der Waals surface area contributed by atoms with Crippen LogP contribution in [-0.2, 0) is 13.1 Å². The maximum Gasteiger partial charge on any atom is 0.282 e. The molecule has 0 bridgehead atoms. The van der Waals surface area contributed by atoms with Gasteiger partial charge in [0.15, 0.2) is 0 Å². The maximum absolute atomic E-state index is 13.2. The lowest BCUT2D eigenvalue weighted by molar-refractivity contribution is 0.0950. The van der Waals surface area contributed by atoms with Crippen LogP contribution in [0, 0.1) is 18.7 Å². The zero-order valence-corrected chi connectivity index (χ0v) is 17.6. The number of aryl methyl sites for hydroxylation is 1. The van der Waals surface area contributed by atoms with Crippen LogP contribution >= 0.6 is 11.3 Å². The van der Waals surface area contributed by atoms with E-state index in [2.05, 4.69) is 34.7 Å². The van der Waals surface area contributed by atoms with Crippen molar-refractivity contribution in [1.82, 2.24) is 20.8 Å². The topological polar surface area (TPSA) is 66.9 Å². The monoisotopic (exact) mass is 412 g/mol. The van der Waals surface area contributed by atoms with Gasteiger partial charge in [-0.1, -0.05) is 67.1 Å². The molecule has 7 heteroatoms. The van der Waals surface area contributed by atoms with Crippen LogP contribution < -0.4 is 10.6 Å². The van der Waals surface area contributed by atoms with Gasteiger partial charge in [0.2, 0.25) is 5.01 Å². The normalized spacial score (nSPS) is 12.2. The molecule has 0 saturated carbocycles. The van der Waals surface area contributed by atoms with Crippen molar-refractivity contribution in [3.8, 4) is 0 Å². The van der Waals surface area contributed by atoms with Crippen molar-refractivity contribution in [3.05, 3.63) is 81.1 Å². The summed E-state index contributed by atoms with van der Waals surface area (Å²) in [5.41, 5.74) is 3.23. The lowest BCUT2D eigenvalue weighted by Gasteiger charge is -2.22. The van der Waals surface area contributed by atoms with Crippen LogP contribution in [0.5, 0.6) is 0 Å². The minimum Gasteiger partial charge on any atom is -0.346 e. The second-order valence-corrected chi connectivity index (χ2v) is 8.39. The molecule has 0 spiro atoms. The molecule has 2 N–H and O–H groups in total. The number of amides is 1. The number of nitrogens with one attached hydrogen (secondary N) is 2. The predicted octanol–water partition coefficient (Wildman–Crippen LogP) is 4.40. The first-order valence-electron chi connectivity index (χ1n) is 9.57. The SMILES string of the molecule is Cc1ccc(CNC(=O)c2nnc(CN[C@H](c3ccc(F)cc3)C(C)C)s2)cc1.